The van der Waals surface area contributed by atoms with E-state index >= 15 is 0 Å². The molecule has 1 aromatic rings. The van der Waals surface area contributed by atoms with Crippen LogP contribution < -0.4 is 10.5 Å². The first kappa shape index (κ1) is 16.2. The summed E-state index contributed by atoms with van der Waals surface area (Å²) in [5, 5.41) is 9.24. The summed E-state index contributed by atoms with van der Waals surface area (Å²) in [5.74, 6) is 0. The van der Waals surface area contributed by atoms with Crippen molar-refractivity contribution < 1.29 is 13.5 Å². The first-order chi connectivity index (χ1) is 8.59. The van der Waals surface area contributed by atoms with Crippen molar-refractivity contribution in [1.82, 2.24) is 4.72 Å². The maximum atomic E-state index is 12.1. The first-order valence-corrected chi connectivity index (χ1v) is 7.61. The van der Waals surface area contributed by atoms with Gasteiger partial charge in [-0.2, -0.15) is 0 Å². The fourth-order valence-electron chi connectivity index (χ4n) is 1.30. The third kappa shape index (κ3) is 4.07. The van der Waals surface area contributed by atoms with Crippen LogP contribution in [0.1, 0.15) is 19.4 Å². The fourth-order valence-corrected chi connectivity index (χ4v) is 3.16. The van der Waals surface area contributed by atoms with Crippen molar-refractivity contribution in [3.8, 4) is 0 Å². The Balaban J connectivity index is 3.05. The highest BCUT2D eigenvalue weighted by molar-refractivity contribution is 7.89. The van der Waals surface area contributed by atoms with Crippen LogP contribution in [-0.2, 0) is 10.0 Å². The van der Waals surface area contributed by atoms with E-state index in [0.29, 0.717) is 5.69 Å². The molecule has 0 radical (unpaired) electrons. The number of nitrogen functional groups attached to an aromatic ring is 1. The molecule has 19 heavy (non-hydrogen) atoms. The van der Waals surface area contributed by atoms with E-state index in [0.717, 1.165) is 5.56 Å². The SMILES string of the molecule is Cc1cc(Cl)c(S(=O)(=O)NCC(C)(C)CO)cc1N. The number of aryl methyl sites for hydroxylation is 1. The van der Waals surface area contributed by atoms with Gasteiger partial charge in [0.05, 0.1) is 5.02 Å². The largest absolute Gasteiger partial charge is 0.398 e. The second-order valence-electron chi connectivity index (χ2n) is 5.29. The summed E-state index contributed by atoms with van der Waals surface area (Å²) in [7, 11) is -3.75. The lowest BCUT2D eigenvalue weighted by Crippen LogP contribution is -2.36. The van der Waals surface area contributed by atoms with E-state index in [4.69, 9.17) is 22.4 Å². The zero-order chi connectivity index (χ0) is 14.8. The van der Waals surface area contributed by atoms with Crippen molar-refractivity contribution in [2.24, 2.45) is 5.41 Å². The number of benzene rings is 1. The Labute approximate surface area is 118 Å². The minimum atomic E-state index is -3.75. The smallest absolute Gasteiger partial charge is 0.242 e. The van der Waals surface area contributed by atoms with Gasteiger partial charge in [-0.05, 0) is 24.6 Å². The molecule has 0 saturated heterocycles. The van der Waals surface area contributed by atoms with Crippen molar-refractivity contribution in [2.45, 2.75) is 25.7 Å². The molecule has 0 aromatic heterocycles. The molecule has 0 fully saturated rings. The summed E-state index contributed by atoms with van der Waals surface area (Å²) in [6.07, 6.45) is 0. The molecule has 0 atom stereocenters. The Hall–Kier alpha value is -0.820. The Morgan fingerprint density at radius 2 is 2.00 bits per heavy atom. The highest BCUT2D eigenvalue weighted by Gasteiger charge is 2.23. The van der Waals surface area contributed by atoms with Gasteiger partial charge < -0.3 is 10.8 Å². The molecule has 0 heterocycles. The minimum absolute atomic E-state index is 0.0500. The molecule has 0 aliphatic rings. The lowest BCUT2D eigenvalue weighted by Gasteiger charge is -2.22. The predicted molar refractivity (Wildman–Crippen MR) is 76.7 cm³/mol. The van der Waals surface area contributed by atoms with Gasteiger partial charge in [0.15, 0.2) is 0 Å². The molecule has 0 spiro atoms. The second kappa shape index (κ2) is 5.66. The molecule has 5 nitrogen and oxygen atoms in total. The molecule has 0 unspecified atom stereocenters. The van der Waals surface area contributed by atoms with Gasteiger partial charge in [-0.1, -0.05) is 25.4 Å². The molecule has 0 bridgehead atoms. The first-order valence-electron chi connectivity index (χ1n) is 5.75. The van der Waals surface area contributed by atoms with Crippen molar-refractivity contribution in [3.05, 3.63) is 22.7 Å². The van der Waals surface area contributed by atoms with Gasteiger partial charge in [0.25, 0.3) is 0 Å². The van der Waals surface area contributed by atoms with Crippen molar-refractivity contribution in [1.29, 1.82) is 0 Å². The number of rotatable bonds is 5. The van der Waals surface area contributed by atoms with Crippen LogP contribution in [0.2, 0.25) is 5.02 Å². The monoisotopic (exact) mass is 306 g/mol. The summed E-state index contributed by atoms with van der Waals surface area (Å²) < 4.78 is 26.7. The number of nitrogens with two attached hydrogens (primary N) is 1. The van der Waals surface area contributed by atoms with Gasteiger partial charge in [0.2, 0.25) is 10.0 Å². The number of anilines is 1. The Kier molecular flexibility index (Phi) is 4.84. The van der Waals surface area contributed by atoms with Crippen molar-refractivity contribution in [3.63, 3.8) is 0 Å². The van der Waals surface area contributed by atoms with Crippen LogP contribution >= 0.6 is 11.6 Å². The molecule has 108 valence electrons. The minimum Gasteiger partial charge on any atom is -0.398 e. The van der Waals surface area contributed by atoms with Crippen molar-refractivity contribution >= 4 is 27.3 Å². The molecule has 4 N–H and O–H groups in total. The lowest BCUT2D eigenvalue weighted by atomic mass is 9.96. The van der Waals surface area contributed by atoms with Gasteiger partial charge in [0, 0.05) is 24.3 Å². The molecular weight excluding hydrogens is 288 g/mol. The summed E-state index contributed by atoms with van der Waals surface area (Å²) in [6, 6.07) is 2.86. The molecule has 7 heteroatoms. The van der Waals surface area contributed by atoms with Crippen molar-refractivity contribution in [2.75, 3.05) is 18.9 Å². The topological polar surface area (TPSA) is 92.4 Å². The average Bonchev–Trinajstić information content (AvgIpc) is 2.31. The van der Waals surface area contributed by atoms with Crippen LogP contribution in [0.25, 0.3) is 0 Å². The number of sulfonamides is 1. The van der Waals surface area contributed by atoms with Crippen LogP contribution in [0.3, 0.4) is 0 Å². The number of hydrogen-bond donors (Lipinski definition) is 3. The van der Waals surface area contributed by atoms with Crippen LogP contribution in [0.15, 0.2) is 17.0 Å². The third-order valence-electron chi connectivity index (χ3n) is 2.78. The predicted octanol–water partition coefficient (Wildman–Crippen LogP) is 1.53. The summed E-state index contributed by atoms with van der Waals surface area (Å²) in [6.45, 7) is 5.23. The van der Waals surface area contributed by atoms with Crippen LogP contribution in [-0.4, -0.2) is 26.7 Å². The number of aliphatic hydroxyl groups excluding tert-OH is 1. The number of nitrogens with one attached hydrogen (secondary N) is 1. The van der Waals surface area contributed by atoms with E-state index in [9.17, 15) is 8.42 Å². The highest BCUT2D eigenvalue weighted by Crippen LogP contribution is 2.27. The van der Waals surface area contributed by atoms with Gasteiger partial charge in [-0.3, -0.25) is 0 Å². The normalized spacial score (nSPS) is 12.7. The number of aliphatic hydroxyl groups is 1. The lowest BCUT2D eigenvalue weighted by molar-refractivity contribution is 0.163. The second-order valence-corrected chi connectivity index (χ2v) is 7.43. The van der Waals surface area contributed by atoms with Gasteiger partial charge in [0.1, 0.15) is 4.90 Å². The molecule has 0 aliphatic heterocycles. The Morgan fingerprint density at radius 1 is 1.42 bits per heavy atom. The van der Waals surface area contributed by atoms with Crippen LogP contribution in [0, 0.1) is 12.3 Å². The maximum absolute atomic E-state index is 12.1. The fraction of sp³-hybridized carbons (Fsp3) is 0.500. The number of halogens is 1. The number of hydrogen-bond acceptors (Lipinski definition) is 4. The highest BCUT2D eigenvalue weighted by atomic mass is 35.5. The zero-order valence-electron chi connectivity index (χ0n) is 11.2. The van der Waals surface area contributed by atoms with E-state index in [1.807, 2.05) is 0 Å². The Bertz CT molecular complexity index is 571. The summed E-state index contributed by atoms with van der Waals surface area (Å²) in [4.78, 5) is -0.0500. The summed E-state index contributed by atoms with van der Waals surface area (Å²) in [5.41, 5.74) is 6.25. The van der Waals surface area contributed by atoms with E-state index < -0.39 is 15.4 Å². The van der Waals surface area contributed by atoms with Crippen LogP contribution in [0.5, 0.6) is 0 Å². The van der Waals surface area contributed by atoms with Crippen LogP contribution in [0.4, 0.5) is 5.69 Å². The van der Waals surface area contributed by atoms with Gasteiger partial charge in [-0.15, -0.1) is 0 Å². The van der Waals surface area contributed by atoms with E-state index in [1.54, 1.807) is 20.8 Å². The standard InChI is InChI=1S/C12H19ClN2O3S/c1-8-4-9(13)11(5-10(8)14)19(17,18)15-6-12(2,3)7-16/h4-5,15-16H,6-7,14H2,1-3H3. The van der Waals surface area contributed by atoms with Gasteiger partial charge >= 0.3 is 0 Å². The van der Waals surface area contributed by atoms with E-state index in [2.05, 4.69) is 4.72 Å². The molecule has 0 amide bonds. The molecule has 0 saturated carbocycles. The average molecular weight is 307 g/mol. The third-order valence-corrected chi connectivity index (χ3v) is 4.64. The summed E-state index contributed by atoms with van der Waals surface area (Å²) >= 11 is 5.95. The molecule has 1 aromatic carbocycles. The maximum Gasteiger partial charge on any atom is 0.242 e. The zero-order valence-corrected chi connectivity index (χ0v) is 12.8. The van der Waals surface area contributed by atoms with E-state index in [-0.39, 0.29) is 23.1 Å². The molecule has 0 aliphatic carbocycles. The van der Waals surface area contributed by atoms with Gasteiger partial charge in [-0.25, -0.2) is 13.1 Å². The molecule has 1 rings (SSSR count). The molecular formula is C12H19ClN2O3S. The quantitative estimate of drug-likeness (QED) is 0.719. The Morgan fingerprint density at radius 3 is 2.53 bits per heavy atom. The van der Waals surface area contributed by atoms with E-state index in [1.165, 1.54) is 12.1 Å².